The average molecular weight is 328 g/mol. The Balaban J connectivity index is 2.25. The first-order valence-corrected chi connectivity index (χ1v) is 7.43. The Morgan fingerprint density at radius 2 is 1.91 bits per heavy atom. The number of aromatic nitrogens is 1. The molecule has 0 aliphatic rings. The second-order valence-corrected chi connectivity index (χ2v) is 5.57. The Kier molecular flexibility index (Phi) is 4.17. The molecule has 5 heteroatoms. The van der Waals surface area contributed by atoms with Crippen molar-refractivity contribution in [2.45, 2.75) is 6.54 Å². The van der Waals surface area contributed by atoms with Gasteiger partial charge in [-0.1, -0.05) is 41.9 Å². The van der Waals surface area contributed by atoms with Crippen LogP contribution in [0.3, 0.4) is 0 Å². The highest BCUT2D eigenvalue weighted by Crippen LogP contribution is 2.19. The van der Waals surface area contributed by atoms with Crippen molar-refractivity contribution in [2.24, 2.45) is 0 Å². The molecule has 3 aromatic rings. The maximum absolute atomic E-state index is 12.5. The van der Waals surface area contributed by atoms with Crippen molar-refractivity contribution < 1.29 is 9.53 Å². The summed E-state index contributed by atoms with van der Waals surface area (Å²) in [5, 5.41) is 0.970. The minimum absolute atomic E-state index is 0.0123. The molecule has 0 bridgehead atoms. The minimum Gasteiger partial charge on any atom is -0.465 e. The van der Waals surface area contributed by atoms with Crippen LogP contribution in [0.4, 0.5) is 0 Å². The number of fused-ring (bicyclic) bond motifs is 1. The lowest BCUT2D eigenvalue weighted by molar-refractivity contribution is 0.0598. The van der Waals surface area contributed by atoms with Crippen LogP contribution in [0.2, 0.25) is 5.02 Å². The quantitative estimate of drug-likeness (QED) is 0.692. The first-order chi connectivity index (χ1) is 11.1. The predicted molar refractivity (Wildman–Crippen MR) is 90.1 cm³/mol. The number of nitrogens with zero attached hydrogens (tertiary/aromatic N) is 1. The molecular weight excluding hydrogens is 314 g/mol. The second-order valence-electron chi connectivity index (χ2n) is 5.14. The number of hydrogen-bond acceptors (Lipinski definition) is 3. The van der Waals surface area contributed by atoms with E-state index in [0.29, 0.717) is 22.5 Å². The maximum atomic E-state index is 12.5. The van der Waals surface area contributed by atoms with Gasteiger partial charge in [-0.3, -0.25) is 4.79 Å². The van der Waals surface area contributed by atoms with Crippen molar-refractivity contribution in [1.82, 2.24) is 4.57 Å². The van der Waals surface area contributed by atoms with Gasteiger partial charge in [0, 0.05) is 23.2 Å². The molecule has 0 atom stereocenters. The molecule has 23 heavy (non-hydrogen) atoms. The number of carbonyl (C=O) groups is 1. The lowest BCUT2D eigenvalue weighted by Gasteiger charge is -2.13. The third-order valence-electron chi connectivity index (χ3n) is 3.64. The number of carbonyl (C=O) groups excluding carboxylic acids is 1. The van der Waals surface area contributed by atoms with E-state index >= 15 is 0 Å². The van der Waals surface area contributed by atoms with Gasteiger partial charge in [0.1, 0.15) is 5.56 Å². The van der Waals surface area contributed by atoms with Crippen molar-refractivity contribution >= 4 is 28.5 Å². The molecular formula is C18H14ClNO3. The highest BCUT2D eigenvalue weighted by atomic mass is 35.5. The Morgan fingerprint density at radius 1 is 1.17 bits per heavy atom. The number of benzene rings is 2. The minimum atomic E-state index is -0.645. The summed E-state index contributed by atoms with van der Waals surface area (Å²) in [7, 11) is 1.26. The van der Waals surface area contributed by atoms with Crippen molar-refractivity contribution in [3.8, 4) is 0 Å². The summed E-state index contributed by atoms with van der Waals surface area (Å²) < 4.78 is 6.55. The maximum Gasteiger partial charge on any atom is 0.343 e. The summed E-state index contributed by atoms with van der Waals surface area (Å²) in [5.41, 5.74) is 1.39. The van der Waals surface area contributed by atoms with E-state index in [-0.39, 0.29) is 11.0 Å². The first kappa shape index (κ1) is 15.3. The molecule has 2 aromatic carbocycles. The van der Waals surface area contributed by atoms with E-state index < -0.39 is 5.97 Å². The molecule has 0 saturated heterocycles. The molecule has 4 nitrogen and oxygen atoms in total. The van der Waals surface area contributed by atoms with E-state index in [0.717, 1.165) is 5.56 Å². The number of hydrogen-bond donors (Lipinski definition) is 0. The summed E-state index contributed by atoms with van der Waals surface area (Å²) in [6, 6.07) is 14.8. The molecule has 1 aromatic heterocycles. The third-order valence-corrected chi connectivity index (χ3v) is 3.88. The van der Waals surface area contributed by atoms with E-state index in [1.54, 1.807) is 18.2 Å². The van der Waals surface area contributed by atoms with Crippen molar-refractivity contribution in [1.29, 1.82) is 0 Å². The highest BCUT2D eigenvalue weighted by Gasteiger charge is 2.16. The molecule has 0 spiro atoms. The zero-order chi connectivity index (χ0) is 16.4. The molecule has 0 aliphatic carbocycles. The van der Waals surface area contributed by atoms with Crippen molar-refractivity contribution in [2.75, 3.05) is 7.11 Å². The molecule has 116 valence electrons. The zero-order valence-corrected chi connectivity index (χ0v) is 13.2. The summed E-state index contributed by atoms with van der Waals surface area (Å²) >= 11 is 6.07. The van der Waals surface area contributed by atoms with Crippen LogP contribution in [0.15, 0.2) is 59.5 Å². The summed E-state index contributed by atoms with van der Waals surface area (Å²) in [4.78, 5) is 24.4. The van der Waals surface area contributed by atoms with Crippen molar-refractivity contribution in [3.05, 3.63) is 81.1 Å². The molecule has 0 radical (unpaired) electrons. The smallest absolute Gasteiger partial charge is 0.343 e. The van der Waals surface area contributed by atoms with Crippen molar-refractivity contribution in [3.63, 3.8) is 0 Å². The van der Waals surface area contributed by atoms with Gasteiger partial charge in [0.25, 0.3) is 0 Å². The molecule has 0 saturated carbocycles. The van der Waals surface area contributed by atoms with E-state index in [2.05, 4.69) is 0 Å². The topological polar surface area (TPSA) is 48.3 Å². The molecule has 0 aliphatic heterocycles. The SMILES string of the molecule is COC(=O)c1cn(Cc2ccccc2)c2cc(Cl)ccc2c1=O. The first-order valence-electron chi connectivity index (χ1n) is 7.05. The van der Waals surface area contributed by atoms with E-state index in [9.17, 15) is 9.59 Å². The van der Waals surface area contributed by atoms with Gasteiger partial charge in [0.15, 0.2) is 0 Å². The van der Waals surface area contributed by atoms with Crippen LogP contribution in [0.1, 0.15) is 15.9 Å². The Morgan fingerprint density at radius 3 is 2.61 bits per heavy atom. The fourth-order valence-corrected chi connectivity index (χ4v) is 2.70. The zero-order valence-electron chi connectivity index (χ0n) is 12.5. The summed E-state index contributed by atoms with van der Waals surface area (Å²) in [6.45, 7) is 0.516. The molecule has 0 unspecified atom stereocenters. The predicted octanol–water partition coefficient (Wildman–Crippen LogP) is 3.49. The van der Waals surface area contributed by atoms with Gasteiger partial charge in [-0.25, -0.2) is 4.79 Å². The number of ether oxygens (including phenoxy) is 1. The molecule has 3 rings (SSSR count). The van der Waals surface area contributed by atoms with E-state index in [1.807, 2.05) is 34.9 Å². The molecule has 1 heterocycles. The number of rotatable bonds is 3. The van der Waals surface area contributed by atoms with E-state index in [1.165, 1.54) is 13.3 Å². The van der Waals surface area contributed by atoms with Crippen LogP contribution in [-0.2, 0) is 11.3 Å². The van der Waals surface area contributed by atoms with Crippen LogP contribution in [0.25, 0.3) is 10.9 Å². The fourth-order valence-electron chi connectivity index (χ4n) is 2.53. The largest absolute Gasteiger partial charge is 0.465 e. The third kappa shape index (κ3) is 2.98. The fraction of sp³-hybridized carbons (Fsp3) is 0.111. The second kappa shape index (κ2) is 6.26. The van der Waals surface area contributed by atoms with Gasteiger partial charge in [0.2, 0.25) is 5.43 Å². The van der Waals surface area contributed by atoms with Gasteiger partial charge in [-0.15, -0.1) is 0 Å². The van der Waals surface area contributed by atoms with Gasteiger partial charge in [0.05, 0.1) is 12.6 Å². The Labute approximate surface area is 137 Å². The Bertz CT molecular complexity index is 932. The highest BCUT2D eigenvalue weighted by molar-refractivity contribution is 6.31. The Hall–Kier alpha value is -2.59. The van der Waals surface area contributed by atoms with Gasteiger partial charge >= 0.3 is 5.97 Å². The summed E-state index contributed by atoms with van der Waals surface area (Å²) in [5.74, 6) is -0.645. The normalized spacial score (nSPS) is 10.7. The monoisotopic (exact) mass is 327 g/mol. The van der Waals surface area contributed by atoms with Crippen LogP contribution in [0, 0.1) is 0 Å². The number of halogens is 1. The molecule has 0 fully saturated rings. The number of methoxy groups -OCH3 is 1. The van der Waals surface area contributed by atoms with Crippen LogP contribution in [0.5, 0.6) is 0 Å². The number of esters is 1. The van der Waals surface area contributed by atoms with Crippen LogP contribution < -0.4 is 5.43 Å². The standard InChI is InChI=1S/C18H14ClNO3/c1-23-18(22)15-11-20(10-12-5-3-2-4-6-12)16-9-13(19)7-8-14(16)17(15)21/h2-9,11H,10H2,1H3. The molecule has 0 N–H and O–H groups in total. The van der Waals surface area contributed by atoms with Gasteiger partial charge in [-0.2, -0.15) is 0 Å². The van der Waals surface area contributed by atoms with E-state index in [4.69, 9.17) is 16.3 Å². The molecule has 0 amide bonds. The lowest BCUT2D eigenvalue weighted by Crippen LogP contribution is -2.20. The lowest BCUT2D eigenvalue weighted by atomic mass is 10.1. The van der Waals surface area contributed by atoms with Crippen LogP contribution >= 0.6 is 11.6 Å². The average Bonchev–Trinajstić information content (AvgIpc) is 2.57. The van der Waals surface area contributed by atoms with Gasteiger partial charge in [-0.05, 0) is 23.8 Å². The number of pyridine rings is 1. The summed E-state index contributed by atoms with van der Waals surface area (Å²) in [6.07, 6.45) is 1.53. The van der Waals surface area contributed by atoms with Gasteiger partial charge < -0.3 is 9.30 Å². The van der Waals surface area contributed by atoms with Crippen LogP contribution in [-0.4, -0.2) is 17.6 Å².